The fourth-order valence-corrected chi connectivity index (χ4v) is 3.53. The van der Waals surface area contributed by atoms with Crippen molar-refractivity contribution in [2.75, 3.05) is 13.7 Å². The Morgan fingerprint density at radius 1 is 1.24 bits per heavy atom. The molecular weight excluding hydrogens is 436 g/mol. The van der Waals surface area contributed by atoms with Crippen LogP contribution in [0.15, 0.2) is 59.2 Å². The van der Waals surface area contributed by atoms with Crippen molar-refractivity contribution in [1.29, 1.82) is 0 Å². The van der Waals surface area contributed by atoms with Crippen LogP contribution in [0.1, 0.15) is 16.7 Å². The zero-order valence-electron chi connectivity index (χ0n) is 16.2. The third kappa shape index (κ3) is 4.68. The number of benzene rings is 2. The molecule has 0 aliphatic carbocycles. The zero-order valence-corrected chi connectivity index (χ0v) is 17.8. The normalized spacial score (nSPS) is 14.9. The summed E-state index contributed by atoms with van der Waals surface area (Å²) in [6.45, 7) is 6.13. The summed E-state index contributed by atoms with van der Waals surface area (Å²) in [5, 5.41) is 2.57. The van der Waals surface area contributed by atoms with Crippen LogP contribution in [-0.2, 0) is 11.4 Å². The number of halogens is 1. The van der Waals surface area contributed by atoms with Crippen molar-refractivity contribution in [3.63, 3.8) is 0 Å². The molecule has 1 heterocycles. The standard InChI is InChI=1S/C22H21BrN2O4/c1-4-8-25-21(26)18(24-22(25)27)11-16-10-17(23)20(19(12-16)28-3)29-13-15-7-5-6-14(2)9-15/h4-7,9-12H,1,8,13H2,2-3H3,(H,24,27)/b18-11+. The van der Waals surface area contributed by atoms with Gasteiger partial charge >= 0.3 is 6.03 Å². The number of nitrogens with zero attached hydrogens (tertiary/aromatic N) is 1. The van der Waals surface area contributed by atoms with Crippen LogP contribution < -0.4 is 14.8 Å². The first kappa shape index (κ1) is 20.7. The molecule has 2 aromatic rings. The summed E-state index contributed by atoms with van der Waals surface area (Å²) < 4.78 is 12.1. The molecule has 7 heteroatoms. The highest BCUT2D eigenvalue weighted by atomic mass is 79.9. The van der Waals surface area contributed by atoms with Gasteiger partial charge in [0.25, 0.3) is 5.91 Å². The van der Waals surface area contributed by atoms with Gasteiger partial charge in [-0.15, -0.1) is 6.58 Å². The van der Waals surface area contributed by atoms with E-state index < -0.39 is 11.9 Å². The van der Waals surface area contributed by atoms with Gasteiger partial charge in [-0.2, -0.15) is 0 Å². The van der Waals surface area contributed by atoms with Gasteiger partial charge in [0, 0.05) is 6.54 Å². The summed E-state index contributed by atoms with van der Waals surface area (Å²) in [6.07, 6.45) is 3.10. The molecule has 2 aromatic carbocycles. The lowest BCUT2D eigenvalue weighted by atomic mass is 10.1. The monoisotopic (exact) mass is 456 g/mol. The first-order valence-electron chi connectivity index (χ1n) is 8.94. The zero-order chi connectivity index (χ0) is 21.0. The number of amides is 3. The highest BCUT2D eigenvalue weighted by Crippen LogP contribution is 2.38. The lowest BCUT2D eigenvalue weighted by Crippen LogP contribution is -2.30. The van der Waals surface area contributed by atoms with Crippen LogP contribution in [0.25, 0.3) is 6.08 Å². The number of aryl methyl sites for hydroxylation is 1. The molecule has 0 saturated carbocycles. The number of nitrogens with one attached hydrogen (secondary N) is 1. The van der Waals surface area contributed by atoms with Crippen molar-refractivity contribution in [2.24, 2.45) is 0 Å². The number of ether oxygens (including phenoxy) is 2. The van der Waals surface area contributed by atoms with Crippen molar-refractivity contribution in [2.45, 2.75) is 13.5 Å². The SMILES string of the molecule is C=CCN1C(=O)N/C(=C/c2cc(Br)c(OCc3cccc(C)c3)c(OC)c2)C1=O. The van der Waals surface area contributed by atoms with Gasteiger partial charge in [0.2, 0.25) is 0 Å². The van der Waals surface area contributed by atoms with Crippen LogP contribution in [0.5, 0.6) is 11.5 Å². The number of carbonyl (C=O) groups is 2. The molecule has 1 saturated heterocycles. The van der Waals surface area contributed by atoms with E-state index in [2.05, 4.69) is 33.9 Å². The summed E-state index contributed by atoms with van der Waals surface area (Å²) in [6, 6.07) is 11.2. The molecule has 3 rings (SSSR count). The Bertz CT molecular complexity index is 1000. The largest absolute Gasteiger partial charge is 0.493 e. The fraction of sp³-hybridized carbons (Fsp3) is 0.182. The number of carbonyl (C=O) groups excluding carboxylic acids is 2. The van der Waals surface area contributed by atoms with E-state index in [0.717, 1.165) is 16.0 Å². The van der Waals surface area contributed by atoms with Gasteiger partial charge in [-0.1, -0.05) is 35.9 Å². The molecule has 3 amide bonds. The highest BCUT2D eigenvalue weighted by molar-refractivity contribution is 9.10. The van der Waals surface area contributed by atoms with Gasteiger partial charge in [0.05, 0.1) is 11.6 Å². The van der Waals surface area contributed by atoms with Gasteiger partial charge in [-0.3, -0.25) is 9.69 Å². The second kappa shape index (κ2) is 8.96. The maximum Gasteiger partial charge on any atom is 0.329 e. The Hall–Kier alpha value is -3.06. The van der Waals surface area contributed by atoms with Crippen molar-refractivity contribution >= 4 is 33.9 Å². The molecule has 0 bridgehead atoms. The minimum atomic E-state index is -0.467. The lowest BCUT2D eigenvalue weighted by molar-refractivity contribution is -0.122. The summed E-state index contributed by atoms with van der Waals surface area (Å²) in [7, 11) is 1.55. The van der Waals surface area contributed by atoms with Crippen molar-refractivity contribution in [3.8, 4) is 11.5 Å². The molecular formula is C22H21BrN2O4. The summed E-state index contributed by atoms with van der Waals surface area (Å²) in [5.41, 5.74) is 3.08. The molecule has 1 fully saturated rings. The number of imide groups is 1. The average Bonchev–Trinajstić information content (AvgIpc) is 2.94. The summed E-state index contributed by atoms with van der Waals surface area (Å²) in [4.78, 5) is 25.4. The predicted molar refractivity (Wildman–Crippen MR) is 115 cm³/mol. The Balaban J connectivity index is 1.84. The molecule has 0 radical (unpaired) electrons. The van der Waals surface area contributed by atoms with Gasteiger partial charge in [-0.05, 0) is 52.2 Å². The number of rotatable bonds is 7. The quantitative estimate of drug-likeness (QED) is 0.380. The van der Waals surface area contributed by atoms with Crippen LogP contribution in [0.4, 0.5) is 4.79 Å². The van der Waals surface area contributed by atoms with Crippen LogP contribution in [0.2, 0.25) is 0 Å². The summed E-state index contributed by atoms with van der Waals surface area (Å²) in [5.74, 6) is 0.676. The Morgan fingerprint density at radius 2 is 2.03 bits per heavy atom. The van der Waals surface area contributed by atoms with Crippen molar-refractivity contribution < 1.29 is 19.1 Å². The fourth-order valence-electron chi connectivity index (χ4n) is 2.95. The van der Waals surface area contributed by atoms with Crippen molar-refractivity contribution in [3.05, 3.63) is 75.9 Å². The van der Waals surface area contributed by atoms with E-state index >= 15 is 0 Å². The van der Waals surface area contributed by atoms with Crippen molar-refractivity contribution in [1.82, 2.24) is 10.2 Å². The third-order valence-electron chi connectivity index (χ3n) is 4.30. The first-order valence-corrected chi connectivity index (χ1v) is 9.73. The van der Waals surface area contributed by atoms with Crippen LogP contribution >= 0.6 is 15.9 Å². The van der Waals surface area contributed by atoms with Gasteiger partial charge in [-0.25, -0.2) is 4.79 Å². The topological polar surface area (TPSA) is 67.9 Å². The summed E-state index contributed by atoms with van der Waals surface area (Å²) >= 11 is 3.51. The maximum atomic E-state index is 12.4. The molecule has 0 spiro atoms. The minimum Gasteiger partial charge on any atom is -0.493 e. The molecule has 1 aliphatic rings. The van der Waals surface area contributed by atoms with E-state index in [-0.39, 0.29) is 12.2 Å². The molecule has 0 aromatic heterocycles. The molecule has 29 heavy (non-hydrogen) atoms. The molecule has 1 N–H and O–H groups in total. The van der Waals surface area contributed by atoms with E-state index in [4.69, 9.17) is 9.47 Å². The van der Waals surface area contributed by atoms with Crippen LogP contribution in [0, 0.1) is 6.92 Å². The van der Waals surface area contributed by atoms with E-state index in [9.17, 15) is 9.59 Å². The molecule has 150 valence electrons. The maximum absolute atomic E-state index is 12.4. The van der Waals surface area contributed by atoms with E-state index in [0.29, 0.717) is 28.1 Å². The predicted octanol–water partition coefficient (Wildman–Crippen LogP) is 4.42. The second-order valence-electron chi connectivity index (χ2n) is 6.50. The number of hydrogen-bond acceptors (Lipinski definition) is 4. The lowest BCUT2D eigenvalue weighted by Gasteiger charge is -2.14. The molecule has 0 atom stereocenters. The van der Waals surface area contributed by atoms with Gasteiger partial charge in [0.1, 0.15) is 12.3 Å². The number of methoxy groups -OCH3 is 1. The van der Waals surface area contributed by atoms with Crippen LogP contribution in [-0.4, -0.2) is 30.5 Å². The molecule has 6 nitrogen and oxygen atoms in total. The molecule has 0 unspecified atom stereocenters. The average molecular weight is 457 g/mol. The first-order chi connectivity index (χ1) is 13.9. The number of urea groups is 1. The Kier molecular flexibility index (Phi) is 6.39. The Labute approximate surface area is 177 Å². The number of hydrogen-bond donors (Lipinski definition) is 1. The molecule has 1 aliphatic heterocycles. The third-order valence-corrected chi connectivity index (χ3v) is 4.89. The highest BCUT2D eigenvalue weighted by Gasteiger charge is 2.32. The van der Waals surface area contributed by atoms with E-state index in [1.165, 1.54) is 6.08 Å². The minimum absolute atomic E-state index is 0.154. The van der Waals surface area contributed by atoms with E-state index in [1.54, 1.807) is 25.3 Å². The van der Waals surface area contributed by atoms with Gasteiger partial charge < -0.3 is 14.8 Å². The van der Waals surface area contributed by atoms with E-state index in [1.807, 2.05) is 25.1 Å². The van der Waals surface area contributed by atoms with Crippen LogP contribution in [0.3, 0.4) is 0 Å². The second-order valence-corrected chi connectivity index (χ2v) is 7.36. The van der Waals surface area contributed by atoms with Gasteiger partial charge in [0.15, 0.2) is 11.5 Å². The smallest absolute Gasteiger partial charge is 0.329 e. The Morgan fingerprint density at radius 3 is 2.72 bits per heavy atom.